The maximum Gasteiger partial charge on any atom is 0.234 e. The number of amides is 1. The first-order valence-corrected chi connectivity index (χ1v) is 10.2. The molecule has 3 aromatic rings. The third-order valence-electron chi connectivity index (χ3n) is 3.66. The summed E-state index contributed by atoms with van der Waals surface area (Å²) in [7, 11) is 1.63. The van der Waals surface area contributed by atoms with Crippen molar-refractivity contribution in [3.05, 3.63) is 62.9 Å². The number of H-pyrrole nitrogens is 1. The molecular weight excluding hydrogens is 443 g/mol. The Labute approximate surface area is 180 Å². The second kappa shape index (κ2) is 9.52. The number of anilines is 1. The fourth-order valence-electron chi connectivity index (χ4n) is 2.29. The third kappa shape index (κ3) is 5.54. The number of aromatic nitrogens is 3. The van der Waals surface area contributed by atoms with Crippen molar-refractivity contribution in [1.82, 2.24) is 15.2 Å². The van der Waals surface area contributed by atoms with Crippen molar-refractivity contribution in [3.63, 3.8) is 0 Å². The second-order valence-corrected chi connectivity index (χ2v) is 7.84. The number of halogens is 3. The zero-order chi connectivity index (χ0) is 20.1. The number of benzene rings is 2. The Kier molecular flexibility index (Phi) is 7.07. The number of carbonyl (C=O) groups is 1. The van der Waals surface area contributed by atoms with E-state index >= 15 is 0 Å². The summed E-state index contributed by atoms with van der Waals surface area (Å²) in [6.45, 7) is 0. The lowest BCUT2D eigenvalue weighted by Crippen LogP contribution is -2.14. The molecule has 0 aliphatic heterocycles. The number of nitrogens with zero attached hydrogens (tertiary/aromatic N) is 2. The number of rotatable bonds is 7. The van der Waals surface area contributed by atoms with Crippen molar-refractivity contribution in [2.24, 2.45) is 0 Å². The standard InChI is InChI=1S/C18H15Cl3N4O2S/c1-27-11-4-2-10(3-5-11)6-16-23-18(25-24-16)28-9-17(26)22-15-8-13(20)12(19)7-14(15)21/h2-5,7-8H,6,9H2,1H3,(H,22,26)(H,23,24,25). The predicted octanol–water partition coefficient (Wildman–Crippen LogP) is 5.10. The molecule has 0 radical (unpaired) electrons. The van der Waals surface area contributed by atoms with Crippen LogP contribution in [0.1, 0.15) is 11.4 Å². The van der Waals surface area contributed by atoms with Crippen LogP contribution in [-0.4, -0.2) is 34.0 Å². The molecule has 1 heterocycles. The normalized spacial score (nSPS) is 10.7. The molecule has 0 atom stereocenters. The van der Waals surface area contributed by atoms with Gasteiger partial charge in [-0.05, 0) is 29.8 Å². The number of hydrogen-bond donors (Lipinski definition) is 2. The summed E-state index contributed by atoms with van der Waals surface area (Å²) in [6.07, 6.45) is 0.600. The summed E-state index contributed by atoms with van der Waals surface area (Å²) in [5.41, 5.74) is 1.47. The quantitative estimate of drug-likeness (QED) is 0.381. The number of ether oxygens (including phenoxy) is 1. The molecule has 0 bridgehead atoms. The molecular formula is C18H15Cl3N4O2S. The number of methoxy groups -OCH3 is 1. The fourth-order valence-corrected chi connectivity index (χ4v) is 3.50. The molecule has 10 heteroatoms. The Morgan fingerprint density at radius 1 is 1.14 bits per heavy atom. The molecule has 0 aliphatic carbocycles. The molecule has 1 aromatic heterocycles. The number of aromatic amines is 1. The SMILES string of the molecule is COc1ccc(Cc2nc(SCC(=O)Nc3cc(Cl)c(Cl)cc3Cl)n[nH]2)cc1. The summed E-state index contributed by atoms with van der Waals surface area (Å²) in [5.74, 6) is 1.37. The Hall–Kier alpha value is -1.93. The highest BCUT2D eigenvalue weighted by Gasteiger charge is 2.12. The van der Waals surface area contributed by atoms with E-state index in [4.69, 9.17) is 39.5 Å². The first kappa shape index (κ1) is 20.8. The Balaban J connectivity index is 1.53. The van der Waals surface area contributed by atoms with Crippen LogP contribution < -0.4 is 10.1 Å². The zero-order valence-electron chi connectivity index (χ0n) is 14.6. The summed E-state index contributed by atoms with van der Waals surface area (Å²) in [4.78, 5) is 16.5. The maximum atomic E-state index is 12.1. The van der Waals surface area contributed by atoms with Crippen molar-refractivity contribution in [2.45, 2.75) is 11.6 Å². The Morgan fingerprint density at radius 3 is 2.57 bits per heavy atom. The zero-order valence-corrected chi connectivity index (χ0v) is 17.7. The van der Waals surface area contributed by atoms with E-state index in [-0.39, 0.29) is 11.7 Å². The van der Waals surface area contributed by atoms with E-state index in [1.165, 1.54) is 23.9 Å². The van der Waals surface area contributed by atoms with Crippen molar-refractivity contribution in [2.75, 3.05) is 18.2 Å². The molecule has 0 spiro atoms. The van der Waals surface area contributed by atoms with Crippen molar-refractivity contribution < 1.29 is 9.53 Å². The van der Waals surface area contributed by atoms with Gasteiger partial charge in [0.25, 0.3) is 0 Å². The number of carbonyl (C=O) groups excluding carboxylic acids is 1. The van der Waals surface area contributed by atoms with Gasteiger partial charge in [0.15, 0.2) is 0 Å². The van der Waals surface area contributed by atoms with Crippen LogP contribution >= 0.6 is 46.6 Å². The molecule has 1 amide bonds. The van der Waals surface area contributed by atoms with Gasteiger partial charge in [0.1, 0.15) is 11.6 Å². The van der Waals surface area contributed by atoms with Crippen LogP contribution in [0.25, 0.3) is 0 Å². The largest absolute Gasteiger partial charge is 0.497 e. The number of hydrogen-bond acceptors (Lipinski definition) is 5. The second-order valence-electron chi connectivity index (χ2n) is 5.67. The van der Waals surface area contributed by atoms with Crippen LogP contribution in [-0.2, 0) is 11.2 Å². The highest BCUT2D eigenvalue weighted by Crippen LogP contribution is 2.32. The van der Waals surface area contributed by atoms with Crippen molar-refractivity contribution >= 4 is 58.2 Å². The van der Waals surface area contributed by atoms with Crippen LogP contribution in [0.5, 0.6) is 5.75 Å². The van der Waals surface area contributed by atoms with E-state index in [9.17, 15) is 4.79 Å². The summed E-state index contributed by atoms with van der Waals surface area (Å²) in [6, 6.07) is 10.7. The van der Waals surface area contributed by atoms with E-state index in [1.807, 2.05) is 24.3 Å². The van der Waals surface area contributed by atoms with Crippen LogP contribution in [0, 0.1) is 0 Å². The predicted molar refractivity (Wildman–Crippen MR) is 113 cm³/mol. The van der Waals surface area contributed by atoms with Crippen molar-refractivity contribution in [1.29, 1.82) is 0 Å². The lowest BCUT2D eigenvalue weighted by Gasteiger charge is -2.08. The van der Waals surface area contributed by atoms with Gasteiger partial charge in [0, 0.05) is 6.42 Å². The van der Waals surface area contributed by atoms with Crippen molar-refractivity contribution in [3.8, 4) is 5.75 Å². The average Bonchev–Trinajstić information content (AvgIpc) is 3.12. The van der Waals surface area contributed by atoms with Gasteiger partial charge < -0.3 is 10.1 Å². The summed E-state index contributed by atoms with van der Waals surface area (Å²) in [5, 5.41) is 11.1. The molecule has 0 unspecified atom stereocenters. The molecule has 0 saturated carbocycles. The van der Waals surface area contributed by atoms with E-state index in [2.05, 4.69) is 20.5 Å². The minimum Gasteiger partial charge on any atom is -0.497 e. The Bertz CT molecular complexity index is 979. The van der Waals surface area contributed by atoms with Crippen LogP contribution in [0.4, 0.5) is 5.69 Å². The van der Waals surface area contributed by atoms with Crippen LogP contribution in [0.3, 0.4) is 0 Å². The molecule has 3 rings (SSSR count). The highest BCUT2D eigenvalue weighted by atomic mass is 35.5. The fraction of sp³-hybridized carbons (Fsp3) is 0.167. The van der Waals surface area contributed by atoms with Gasteiger partial charge in [-0.3, -0.25) is 9.89 Å². The molecule has 0 aliphatic rings. The van der Waals surface area contributed by atoms with Crippen LogP contribution in [0.15, 0.2) is 41.6 Å². The first-order valence-electron chi connectivity index (χ1n) is 8.06. The topological polar surface area (TPSA) is 79.9 Å². The summed E-state index contributed by atoms with van der Waals surface area (Å²) < 4.78 is 5.14. The highest BCUT2D eigenvalue weighted by molar-refractivity contribution is 7.99. The lowest BCUT2D eigenvalue weighted by molar-refractivity contribution is -0.113. The minimum absolute atomic E-state index is 0.121. The molecule has 0 fully saturated rings. The smallest absolute Gasteiger partial charge is 0.234 e. The van der Waals surface area contributed by atoms with Gasteiger partial charge >= 0.3 is 0 Å². The maximum absolute atomic E-state index is 12.1. The van der Waals surface area contributed by atoms with E-state index in [0.717, 1.165) is 11.3 Å². The average molecular weight is 458 g/mol. The van der Waals surface area contributed by atoms with Gasteiger partial charge in [0.05, 0.1) is 33.6 Å². The van der Waals surface area contributed by atoms with E-state index in [1.54, 1.807) is 7.11 Å². The minimum atomic E-state index is -0.258. The molecule has 2 N–H and O–H groups in total. The van der Waals surface area contributed by atoms with Gasteiger partial charge in [-0.1, -0.05) is 58.7 Å². The molecule has 28 heavy (non-hydrogen) atoms. The monoisotopic (exact) mass is 456 g/mol. The Morgan fingerprint density at radius 2 is 1.86 bits per heavy atom. The number of nitrogens with one attached hydrogen (secondary N) is 2. The first-order chi connectivity index (χ1) is 13.4. The van der Waals surface area contributed by atoms with E-state index in [0.29, 0.717) is 38.2 Å². The molecule has 2 aromatic carbocycles. The lowest BCUT2D eigenvalue weighted by atomic mass is 10.1. The number of thioether (sulfide) groups is 1. The van der Waals surface area contributed by atoms with Gasteiger partial charge in [-0.25, -0.2) is 4.98 Å². The molecule has 146 valence electrons. The summed E-state index contributed by atoms with van der Waals surface area (Å²) >= 11 is 19.1. The molecule has 0 saturated heterocycles. The van der Waals surface area contributed by atoms with Gasteiger partial charge in [0.2, 0.25) is 11.1 Å². The third-order valence-corrected chi connectivity index (χ3v) is 5.54. The van der Waals surface area contributed by atoms with Gasteiger partial charge in [-0.2, -0.15) is 0 Å². The van der Waals surface area contributed by atoms with Crippen LogP contribution in [0.2, 0.25) is 15.1 Å². The van der Waals surface area contributed by atoms with E-state index < -0.39 is 0 Å². The van der Waals surface area contributed by atoms with Gasteiger partial charge in [-0.15, -0.1) is 5.10 Å². The molecule has 6 nitrogen and oxygen atoms in total.